The maximum absolute atomic E-state index is 11.5. The second-order valence-electron chi connectivity index (χ2n) is 4.53. The minimum atomic E-state index is -1.08. The molecule has 106 valence electrons. The van der Waals surface area contributed by atoms with Crippen molar-refractivity contribution in [3.05, 3.63) is 0 Å². The van der Waals surface area contributed by atoms with Gasteiger partial charge >= 0.3 is 11.9 Å². The first-order valence-corrected chi connectivity index (χ1v) is 6.69. The average Bonchev–Trinajstić information content (AvgIpc) is 2.33. The fraction of sp³-hybridized carbons (Fsp3) is 0.846. The Labute approximate surface area is 109 Å². The van der Waals surface area contributed by atoms with Crippen molar-refractivity contribution >= 4 is 11.9 Å². The summed E-state index contributed by atoms with van der Waals surface area (Å²) in [6.07, 6.45) is 4.96. The molecular weight excluding hydrogens is 234 g/mol. The first-order chi connectivity index (χ1) is 8.51. The lowest BCUT2D eigenvalue weighted by Crippen LogP contribution is -2.31. The van der Waals surface area contributed by atoms with Gasteiger partial charge in [0.25, 0.3) is 0 Å². The van der Waals surface area contributed by atoms with Crippen molar-refractivity contribution in [1.82, 2.24) is 0 Å². The third-order valence-corrected chi connectivity index (χ3v) is 2.77. The number of hydrogen-bond acceptors (Lipinski definition) is 4. The van der Waals surface area contributed by atoms with Gasteiger partial charge in [-0.05, 0) is 19.3 Å². The first-order valence-electron chi connectivity index (χ1n) is 6.69. The smallest absolute Gasteiger partial charge is 0.320 e. The summed E-state index contributed by atoms with van der Waals surface area (Å²) in [5, 5.41) is 8.60. The monoisotopic (exact) mass is 259 g/mol. The molecule has 5 heteroatoms. The molecule has 0 saturated carbocycles. The van der Waals surface area contributed by atoms with Crippen LogP contribution in [0.3, 0.4) is 0 Å². The van der Waals surface area contributed by atoms with Gasteiger partial charge in [-0.3, -0.25) is 9.59 Å². The number of carboxylic acids is 1. The van der Waals surface area contributed by atoms with Gasteiger partial charge in [0.15, 0.2) is 0 Å². The van der Waals surface area contributed by atoms with Crippen molar-refractivity contribution in [2.45, 2.75) is 70.9 Å². The second kappa shape index (κ2) is 9.88. The van der Waals surface area contributed by atoms with Crippen LogP contribution >= 0.6 is 0 Å². The zero-order valence-corrected chi connectivity index (χ0v) is 11.4. The lowest BCUT2D eigenvalue weighted by Gasteiger charge is -2.17. The number of aliphatic carboxylic acids is 1. The minimum Gasteiger partial charge on any atom is -0.480 e. The summed E-state index contributed by atoms with van der Waals surface area (Å²) in [7, 11) is 0. The first kappa shape index (κ1) is 16.9. The molecule has 0 heterocycles. The molecule has 0 radical (unpaired) electrons. The van der Waals surface area contributed by atoms with E-state index < -0.39 is 12.0 Å². The molecule has 0 aliphatic heterocycles. The molecule has 0 aromatic rings. The third-order valence-electron chi connectivity index (χ3n) is 2.77. The van der Waals surface area contributed by atoms with Crippen LogP contribution in [0.4, 0.5) is 0 Å². The number of carboxylic acid groups (broad SMARTS) is 1. The van der Waals surface area contributed by atoms with Gasteiger partial charge in [0.1, 0.15) is 12.1 Å². The molecule has 0 rings (SSSR count). The van der Waals surface area contributed by atoms with E-state index >= 15 is 0 Å². The Morgan fingerprint density at radius 2 is 1.83 bits per heavy atom. The Balaban J connectivity index is 3.97. The summed E-state index contributed by atoms with van der Waals surface area (Å²) in [5.41, 5.74) is 5.33. The molecule has 0 saturated heterocycles. The molecule has 5 nitrogen and oxygen atoms in total. The van der Waals surface area contributed by atoms with Crippen LogP contribution in [0.25, 0.3) is 0 Å². The number of carbonyl (C=O) groups excluding carboxylic acids is 1. The molecule has 3 N–H and O–H groups in total. The predicted octanol–water partition coefficient (Wildman–Crippen LogP) is 2.08. The van der Waals surface area contributed by atoms with Crippen molar-refractivity contribution < 1.29 is 19.4 Å². The molecule has 0 aliphatic carbocycles. The Hall–Kier alpha value is -1.10. The molecule has 0 aliphatic rings. The van der Waals surface area contributed by atoms with Gasteiger partial charge in [-0.2, -0.15) is 0 Å². The van der Waals surface area contributed by atoms with Crippen LogP contribution in [0.15, 0.2) is 0 Å². The van der Waals surface area contributed by atoms with Gasteiger partial charge in [0.05, 0.1) is 0 Å². The maximum Gasteiger partial charge on any atom is 0.320 e. The van der Waals surface area contributed by atoms with E-state index in [-0.39, 0.29) is 24.9 Å². The normalized spacial score (nSPS) is 13.9. The van der Waals surface area contributed by atoms with Gasteiger partial charge in [0.2, 0.25) is 0 Å². The molecule has 0 bridgehead atoms. The Morgan fingerprint density at radius 3 is 2.33 bits per heavy atom. The zero-order chi connectivity index (χ0) is 14.0. The van der Waals surface area contributed by atoms with E-state index in [1.807, 2.05) is 6.92 Å². The minimum absolute atomic E-state index is 0.0384. The maximum atomic E-state index is 11.5. The number of ether oxygens (including phenoxy) is 1. The summed E-state index contributed by atoms with van der Waals surface area (Å²) in [5.74, 6) is -1.43. The van der Waals surface area contributed by atoms with Crippen LogP contribution in [0.5, 0.6) is 0 Å². The van der Waals surface area contributed by atoms with E-state index in [4.69, 9.17) is 15.6 Å². The highest BCUT2D eigenvalue weighted by molar-refractivity contribution is 5.75. The second-order valence-corrected chi connectivity index (χ2v) is 4.53. The zero-order valence-electron chi connectivity index (χ0n) is 11.4. The van der Waals surface area contributed by atoms with Gasteiger partial charge in [-0.1, -0.05) is 33.1 Å². The summed E-state index contributed by atoms with van der Waals surface area (Å²) < 4.78 is 5.34. The van der Waals surface area contributed by atoms with Crippen LogP contribution in [-0.2, 0) is 14.3 Å². The van der Waals surface area contributed by atoms with Crippen molar-refractivity contribution in [1.29, 1.82) is 0 Å². The predicted molar refractivity (Wildman–Crippen MR) is 69.2 cm³/mol. The number of rotatable bonds is 10. The van der Waals surface area contributed by atoms with E-state index in [1.54, 1.807) is 0 Å². The molecule has 0 spiro atoms. The Bertz CT molecular complexity index is 255. The largest absolute Gasteiger partial charge is 0.480 e. The highest BCUT2D eigenvalue weighted by Crippen LogP contribution is 2.12. The van der Waals surface area contributed by atoms with E-state index in [2.05, 4.69) is 6.92 Å². The van der Waals surface area contributed by atoms with Crippen LogP contribution in [0.1, 0.15) is 58.8 Å². The van der Waals surface area contributed by atoms with Gasteiger partial charge in [-0.25, -0.2) is 0 Å². The van der Waals surface area contributed by atoms with Gasteiger partial charge in [0, 0.05) is 6.42 Å². The van der Waals surface area contributed by atoms with Crippen molar-refractivity contribution in [3.63, 3.8) is 0 Å². The molecule has 0 amide bonds. The summed E-state index contributed by atoms with van der Waals surface area (Å²) >= 11 is 0. The van der Waals surface area contributed by atoms with E-state index in [0.29, 0.717) is 0 Å². The van der Waals surface area contributed by atoms with Crippen LogP contribution < -0.4 is 5.73 Å². The molecule has 1 unspecified atom stereocenters. The van der Waals surface area contributed by atoms with Crippen molar-refractivity contribution in [2.75, 3.05) is 0 Å². The summed E-state index contributed by atoms with van der Waals surface area (Å²) in [6.45, 7) is 4.14. The Kier molecular flexibility index (Phi) is 9.28. The van der Waals surface area contributed by atoms with E-state index in [1.165, 1.54) is 0 Å². The molecule has 0 aromatic carbocycles. The van der Waals surface area contributed by atoms with Crippen molar-refractivity contribution in [2.24, 2.45) is 5.73 Å². The molecule has 2 atom stereocenters. The number of carbonyl (C=O) groups is 2. The SMILES string of the molecule is CCCCC(CCC)OC(=O)CC[C@H](N)C(=O)O. The van der Waals surface area contributed by atoms with Gasteiger partial charge in [-0.15, -0.1) is 0 Å². The molecular formula is C13H25NO4. The lowest BCUT2D eigenvalue weighted by molar-refractivity contribution is -0.150. The number of unbranched alkanes of at least 4 members (excludes halogenated alkanes) is 1. The number of esters is 1. The number of hydrogen-bond donors (Lipinski definition) is 2. The van der Waals surface area contributed by atoms with Gasteiger partial charge < -0.3 is 15.6 Å². The molecule has 18 heavy (non-hydrogen) atoms. The fourth-order valence-corrected chi connectivity index (χ4v) is 1.66. The summed E-state index contributed by atoms with van der Waals surface area (Å²) in [6, 6.07) is -0.988. The third kappa shape index (κ3) is 8.06. The average molecular weight is 259 g/mol. The fourth-order valence-electron chi connectivity index (χ4n) is 1.66. The quantitative estimate of drug-likeness (QED) is 0.586. The van der Waals surface area contributed by atoms with Crippen molar-refractivity contribution in [3.8, 4) is 0 Å². The molecule has 0 aromatic heterocycles. The topological polar surface area (TPSA) is 89.6 Å². The van der Waals surface area contributed by atoms with Crippen LogP contribution in [0.2, 0.25) is 0 Å². The van der Waals surface area contributed by atoms with E-state index in [9.17, 15) is 9.59 Å². The molecule has 0 fully saturated rings. The lowest BCUT2D eigenvalue weighted by atomic mass is 10.1. The number of nitrogens with two attached hydrogens (primary N) is 1. The summed E-state index contributed by atoms with van der Waals surface area (Å²) in [4.78, 5) is 22.0. The highest BCUT2D eigenvalue weighted by atomic mass is 16.5. The van der Waals surface area contributed by atoms with E-state index in [0.717, 1.165) is 32.1 Å². The van der Waals surface area contributed by atoms with Crippen LogP contribution in [0, 0.1) is 0 Å². The van der Waals surface area contributed by atoms with Crippen LogP contribution in [-0.4, -0.2) is 29.2 Å². The Morgan fingerprint density at radius 1 is 1.17 bits per heavy atom. The standard InChI is InChI=1S/C13H25NO4/c1-3-5-7-10(6-4-2)18-12(15)9-8-11(14)13(16)17/h10-11H,3-9,14H2,1-2H3,(H,16,17)/t10?,11-/m0/s1. The highest BCUT2D eigenvalue weighted by Gasteiger charge is 2.17.